The van der Waals surface area contributed by atoms with Crippen LogP contribution in [-0.4, -0.2) is 29.5 Å². The number of benzene rings is 2. The maximum Gasteiger partial charge on any atom is 1.00 e. The third kappa shape index (κ3) is 6.62. The van der Waals surface area contributed by atoms with Crippen LogP contribution in [0.3, 0.4) is 0 Å². The Bertz CT molecular complexity index is 985. The fourth-order valence-electron chi connectivity index (χ4n) is 2.65. The van der Waals surface area contributed by atoms with E-state index >= 15 is 0 Å². The minimum absolute atomic E-state index is 0. The number of rotatable bonds is 6. The average molecular weight is 417 g/mol. The predicted octanol–water partition coefficient (Wildman–Crippen LogP) is 0.645. The van der Waals surface area contributed by atoms with Gasteiger partial charge in [0.15, 0.2) is 0 Å². The molecule has 1 heterocycles. The van der Waals surface area contributed by atoms with Gasteiger partial charge >= 0.3 is 51.4 Å². The summed E-state index contributed by atoms with van der Waals surface area (Å²) in [6.45, 7) is 5.56. The minimum atomic E-state index is -0.395. The van der Waals surface area contributed by atoms with Crippen LogP contribution in [0.1, 0.15) is 34.5 Å². The van der Waals surface area contributed by atoms with E-state index in [4.69, 9.17) is 0 Å². The van der Waals surface area contributed by atoms with Crippen LogP contribution in [-0.2, 0) is 0 Å². The topological polar surface area (TPSA) is 56.5 Å². The first-order valence-corrected chi connectivity index (χ1v) is 8.92. The van der Waals surface area contributed by atoms with E-state index in [0.717, 1.165) is 11.3 Å². The molecule has 2 aromatic carbocycles. The molecule has 0 saturated heterocycles. The van der Waals surface area contributed by atoms with Crippen molar-refractivity contribution in [3.05, 3.63) is 83.9 Å². The quantitative estimate of drug-likeness (QED) is 0.314. The van der Waals surface area contributed by atoms with Crippen LogP contribution < -0.4 is 62.0 Å². The molecular formula is C22H22FKN4O. The summed E-state index contributed by atoms with van der Waals surface area (Å²) < 4.78 is 15.6. The van der Waals surface area contributed by atoms with Gasteiger partial charge < -0.3 is 26.4 Å². The Hall–Kier alpha value is -1.77. The molecule has 0 fully saturated rings. The second kappa shape index (κ2) is 10.8. The Labute approximate surface area is 213 Å². The summed E-state index contributed by atoms with van der Waals surface area (Å²) in [5, 5.41) is 5.93. The number of amides is 1. The number of aryl methyl sites for hydroxylation is 1. The molecule has 0 bridgehead atoms. The van der Waals surface area contributed by atoms with Gasteiger partial charge in [0, 0.05) is 17.3 Å². The summed E-state index contributed by atoms with van der Waals surface area (Å²) in [7, 11) is 1.94. The van der Waals surface area contributed by atoms with Crippen molar-refractivity contribution in [1.82, 2.24) is 5.32 Å². The largest absolute Gasteiger partial charge is 1.00 e. The van der Waals surface area contributed by atoms with E-state index < -0.39 is 5.82 Å². The average Bonchev–Trinajstić information content (AvgIpc) is 2.65. The molecule has 0 aliphatic carbocycles. The van der Waals surface area contributed by atoms with Crippen molar-refractivity contribution < 1.29 is 65.1 Å². The standard InChI is InChI=1S/C22H22FN4O.K/c1-15-7-8-18(12-21(15)23)22(28)26-19-6-4-5-17(11-19)16(2)24-9-10-25-20-13-27(3)14-20;/h4-8,10-14,16,24H,1-3H3,(H,26,28);/q-1;+1. The zero-order chi connectivity index (χ0) is 20.1. The van der Waals surface area contributed by atoms with Gasteiger partial charge in [-0.25, -0.2) is 4.39 Å². The van der Waals surface area contributed by atoms with Crippen LogP contribution in [0.2, 0.25) is 0 Å². The van der Waals surface area contributed by atoms with Crippen LogP contribution in [0.25, 0.3) is 0 Å². The summed E-state index contributed by atoms with van der Waals surface area (Å²) in [5.41, 5.74) is 3.30. The second-order valence-corrected chi connectivity index (χ2v) is 6.66. The molecule has 0 spiro atoms. The first-order valence-electron chi connectivity index (χ1n) is 8.92. The maximum atomic E-state index is 13.7. The van der Waals surface area contributed by atoms with Gasteiger partial charge in [0.25, 0.3) is 5.91 Å². The molecule has 0 aromatic heterocycles. The Morgan fingerprint density at radius 1 is 1.31 bits per heavy atom. The van der Waals surface area contributed by atoms with Crippen molar-refractivity contribution in [1.29, 1.82) is 0 Å². The molecule has 7 heteroatoms. The molecule has 2 aromatic rings. The molecule has 0 radical (unpaired) electrons. The van der Waals surface area contributed by atoms with E-state index in [1.807, 2.05) is 49.5 Å². The number of carbonyl (C=O) groups excluding carboxylic acids is 1. The summed E-state index contributed by atoms with van der Waals surface area (Å²) in [6.07, 6.45) is 6.44. The van der Waals surface area contributed by atoms with E-state index in [1.165, 1.54) is 6.07 Å². The Morgan fingerprint density at radius 2 is 2.07 bits per heavy atom. The maximum absolute atomic E-state index is 13.7. The molecular weight excluding hydrogens is 394 g/mol. The molecule has 1 amide bonds. The molecule has 0 saturated carbocycles. The number of anilines is 1. The van der Waals surface area contributed by atoms with E-state index in [0.29, 0.717) is 11.3 Å². The molecule has 5 nitrogen and oxygen atoms in total. The van der Waals surface area contributed by atoms with E-state index in [2.05, 4.69) is 21.8 Å². The molecule has 1 unspecified atom stereocenters. The number of nitrogens with one attached hydrogen (secondary N) is 2. The second-order valence-electron chi connectivity index (χ2n) is 6.66. The molecule has 2 N–H and O–H groups in total. The summed E-state index contributed by atoms with van der Waals surface area (Å²) >= 11 is 0. The van der Waals surface area contributed by atoms with E-state index in [-0.39, 0.29) is 68.9 Å². The van der Waals surface area contributed by atoms with Crippen molar-refractivity contribution in [3.8, 4) is 0 Å². The SMILES string of the molecule is Cc1ccc(C(=O)Nc2cccc(C(C)N[C-]=CN=C3C=[N+](C)[CH-]3)c2)cc1F.[K+]. The van der Waals surface area contributed by atoms with Gasteiger partial charge in [0.1, 0.15) is 12.9 Å². The van der Waals surface area contributed by atoms with Crippen LogP contribution in [0.15, 0.2) is 53.7 Å². The van der Waals surface area contributed by atoms with Gasteiger partial charge in [-0.2, -0.15) is 0 Å². The van der Waals surface area contributed by atoms with Crippen molar-refractivity contribution >= 4 is 23.5 Å². The van der Waals surface area contributed by atoms with Gasteiger partial charge in [0.2, 0.25) is 0 Å². The first kappa shape index (κ1) is 23.5. The smallest absolute Gasteiger partial charge is 0.560 e. The summed E-state index contributed by atoms with van der Waals surface area (Å²) in [5.74, 6) is -0.745. The Morgan fingerprint density at radius 3 is 2.76 bits per heavy atom. The van der Waals surface area contributed by atoms with Crippen molar-refractivity contribution in [2.45, 2.75) is 19.9 Å². The van der Waals surface area contributed by atoms with Gasteiger partial charge in [-0.05, 0) is 49.2 Å². The van der Waals surface area contributed by atoms with Gasteiger partial charge in [-0.1, -0.05) is 18.2 Å². The fraction of sp³-hybridized carbons (Fsp3) is 0.182. The third-order valence-corrected chi connectivity index (χ3v) is 4.33. The van der Waals surface area contributed by atoms with Gasteiger partial charge in [0.05, 0.1) is 18.5 Å². The number of aliphatic imine (C=N–C) groups is 1. The molecule has 1 atom stereocenters. The first-order chi connectivity index (χ1) is 13.4. The molecule has 29 heavy (non-hydrogen) atoms. The fourth-order valence-corrected chi connectivity index (χ4v) is 2.65. The van der Waals surface area contributed by atoms with E-state index in [9.17, 15) is 9.18 Å². The van der Waals surface area contributed by atoms with Gasteiger partial charge in [-0.3, -0.25) is 4.79 Å². The number of hydrogen-bond acceptors (Lipinski definition) is 3. The number of hydrogen-bond donors (Lipinski definition) is 2. The Kier molecular flexibility index (Phi) is 8.79. The molecule has 144 valence electrons. The monoisotopic (exact) mass is 416 g/mol. The minimum Gasteiger partial charge on any atom is -0.560 e. The summed E-state index contributed by atoms with van der Waals surface area (Å²) in [4.78, 5) is 16.6. The predicted molar refractivity (Wildman–Crippen MR) is 109 cm³/mol. The third-order valence-electron chi connectivity index (χ3n) is 4.33. The number of carbonyl (C=O) groups is 1. The van der Waals surface area contributed by atoms with Crippen LogP contribution in [0, 0.1) is 25.5 Å². The molecule has 1 aliphatic heterocycles. The van der Waals surface area contributed by atoms with Crippen LogP contribution in [0.5, 0.6) is 0 Å². The van der Waals surface area contributed by atoms with E-state index in [1.54, 1.807) is 31.3 Å². The zero-order valence-corrected chi connectivity index (χ0v) is 20.2. The zero-order valence-electron chi connectivity index (χ0n) is 17.0. The van der Waals surface area contributed by atoms with Crippen LogP contribution >= 0.6 is 0 Å². The summed E-state index contributed by atoms with van der Waals surface area (Å²) in [6, 6.07) is 11.9. The van der Waals surface area contributed by atoms with Crippen molar-refractivity contribution in [2.75, 3.05) is 12.4 Å². The van der Waals surface area contributed by atoms with Crippen molar-refractivity contribution in [2.24, 2.45) is 4.99 Å². The molecule has 3 rings (SSSR count). The van der Waals surface area contributed by atoms with Crippen molar-refractivity contribution in [3.63, 3.8) is 0 Å². The Balaban J connectivity index is 0.00000300. The molecule has 1 aliphatic rings. The van der Waals surface area contributed by atoms with Gasteiger partial charge in [-0.15, -0.1) is 6.20 Å². The number of halogens is 1. The number of nitrogens with zero attached hydrogens (tertiary/aromatic N) is 2. The normalized spacial score (nSPS) is 15.0. The van der Waals surface area contributed by atoms with Crippen LogP contribution in [0.4, 0.5) is 10.1 Å².